The number of aromatic nitrogens is 1. The molecule has 0 aliphatic heterocycles. The third-order valence-corrected chi connectivity index (χ3v) is 4.38. The largest absolute Gasteiger partial charge is 0.394 e. The van der Waals surface area contributed by atoms with E-state index in [9.17, 15) is 14.7 Å². The molecule has 3 rings (SSSR count). The topological polar surface area (TPSA) is 83.4 Å². The molecule has 144 valence electrons. The molecule has 2 aromatic carbocycles. The zero-order valence-corrected chi connectivity index (χ0v) is 15.4. The smallest absolute Gasteiger partial charge is 0.274 e. The molecule has 1 heterocycles. The van der Waals surface area contributed by atoms with Crippen molar-refractivity contribution < 1.29 is 9.90 Å². The first kappa shape index (κ1) is 19.4. The normalized spacial score (nSPS) is 11.6. The number of rotatable bonds is 8. The highest BCUT2D eigenvalue weighted by Crippen LogP contribution is 2.11. The molecule has 28 heavy (non-hydrogen) atoms. The van der Waals surface area contributed by atoms with Crippen molar-refractivity contribution in [1.29, 1.82) is 0 Å². The molecule has 0 saturated carbocycles. The summed E-state index contributed by atoms with van der Waals surface area (Å²) in [6.45, 7) is 0.180. The maximum atomic E-state index is 12.6. The van der Waals surface area contributed by atoms with Crippen molar-refractivity contribution in [3.05, 3.63) is 100 Å². The summed E-state index contributed by atoms with van der Waals surface area (Å²) in [7, 11) is 0. The van der Waals surface area contributed by atoms with Crippen molar-refractivity contribution in [3.63, 3.8) is 0 Å². The number of nitrogens with zero attached hydrogens (tertiary/aromatic N) is 1. The average Bonchev–Trinajstić information content (AvgIpc) is 2.74. The highest BCUT2D eigenvalue weighted by molar-refractivity contribution is 5.76. The van der Waals surface area contributed by atoms with Crippen LogP contribution in [0, 0.1) is 0 Å². The fraction of sp³-hybridized carbons (Fsp3) is 0.182. The van der Waals surface area contributed by atoms with Crippen LogP contribution in [-0.2, 0) is 17.9 Å². The van der Waals surface area contributed by atoms with E-state index in [1.807, 2.05) is 60.7 Å². The van der Waals surface area contributed by atoms with Crippen molar-refractivity contribution in [1.82, 2.24) is 9.88 Å². The van der Waals surface area contributed by atoms with Gasteiger partial charge in [-0.05, 0) is 23.3 Å². The SMILES string of the molecule is O=C(Cn1cccc(NCc2ccccc2)c1=O)N[C@H](CO)c1ccccc1. The highest BCUT2D eigenvalue weighted by Gasteiger charge is 2.14. The molecule has 0 radical (unpaired) electrons. The maximum absolute atomic E-state index is 12.6. The fourth-order valence-electron chi connectivity index (χ4n) is 2.90. The number of anilines is 1. The van der Waals surface area contributed by atoms with Crippen LogP contribution >= 0.6 is 0 Å². The zero-order valence-electron chi connectivity index (χ0n) is 15.4. The molecule has 0 saturated heterocycles. The van der Waals surface area contributed by atoms with E-state index in [4.69, 9.17) is 0 Å². The number of amides is 1. The van der Waals surface area contributed by atoms with E-state index in [-0.39, 0.29) is 24.6 Å². The van der Waals surface area contributed by atoms with Crippen molar-refractivity contribution in [2.75, 3.05) is 11.9 Å². The van der Waals surface area contributed by atoms with Gasteiger partial charge < -0.3 is 20.3 Å². The molecule has 3 aromatic rings. The van der Waals surface area contributed by atoms with E-state index in [0.717, 1.165) is 11.1 Å². The van der Waals surface area contributed by atoms with Gasteiger partial charge in [-0.3, -0.25) is 9.59 Å². The predicted molar refractivity (Wildman–Crippen MR) is 109 cm³/mol. The lowest BCUT2D eigenvalue weighted by Crippen LogP contribution is -2.36. The summed E-state index contributed by atoms with van der Waals surface area (Å²) in [6.07, 6.45) is 1.58. The summed E-state index contributed by atoms with van der Waals surface area (Å²) in [4.78, 5) is 25.0. The minimum absolute atomic E-state index is 0.122. The Hall–Kier alpha value is -3.38. The third-order valence-electron chi connectivity index (χ3n) is 4.38. The highest BCUT2D eigenvalue weighted by atomic mass is 16.3. The second-order valence-corrected chi connectivity index (χ2v) is 6.41. The van der Waals surface area contributed by atoms with E-state index in [2.05, 4.69) is 10.6 Å². The molecule has 0 aliphatic rings. The van der Waals surface area contributed by atoms with Crippen LogP contribution in [0.3, 0.4) is 0 Å². The van der Waals surface area contributed by atoms with E-state index in [1.165, 1.54) is 4.57 Å². The van der Waals surface area contributed by atoms with Gasteiger partial charge in [0.15, 0.2) is 0 Å². The number of pyridine rings is 1. The van der Waals surface area contributed by atoms with E-state index in [0.29, 0.717) is 12.2 Å². The number of hydrogen-bond acceptors (Lipinski definition) is 4. The van der Waals surface area contributed by atoms with Crippen molar-refractivity contribution in [2.45, 2.75) is 19.1 Å². The predicted octanol–water partition coefficient (Wildman–Crippen LogP) is 2.31. The monoisotopic (exact) mass is 377 g/mol. The Morgan fingerprint density at radius 1 is 0.964 bits per heavy atom. The average molecular weight is 377 g/mol. The minimum Gasteiger partial charge on any atom is -0.394 e. The molecular formula is C22H23N3O3. The van der Waals surface area contributed by atoms with Gasteiger partial charge in [0.05, 0.1) is 12.6 Å². The Morgan fingerprint density at radius 3 is 2.32 bits per heavy atom. The van der Waals surface area contributed by atoms with Gasteiger partial charge in [-0.1, -0.05) is 60.7 Å². The van der Waals surface area contributed by atoms with Crippen molar-refractivity contribution >= 4 is 11.6 Å². The van der Waals surface area contributed by atoms with Crippen molar-refractivity contribution in [3.8, 4) is 0 Å². The van der Waals surface area contributed by atoms with Crippen LogP contribution in [-0.4, -0.2) is 22.2 Å². The Morgan fingerprint density at radius 2 is 1.64 bits per heavy atom. The molecule has 1 aromatic heterocycles. The van der Waals surface area contributed by atoms with Gasteiger partial charge in [0.1, 0.15) is 12.2 Å². The van der Waals surface area contributed by atoms with Gasteiger partial charge in [0.25, 0.3) is 5.56 Å². The molecule has 0 unspecified atom stereocenters. The first-order valence-electron chi connectivity index (χ1n) is 9.10. The van der Waals surface area contributed by atoms with Crippen molar-refractivity contribution in [2.24, 2.45) is 0 Å². The Balaban J connectivity index is 1.65. The number of nitrogens with one attached hydrogen (secondary N) is 2. The number of carbonyl (C=O) groups is 1. The van der Waals surface area contributed by atoms with E-state index >= 15 is 0 Å². The minimum atomic E-state index is -0.510. The molecule has 3 N–H and O–H groups in total. The number of aliphatic hydroxyl groups is 1. The van der Waals surface area contributed by atoms with Gasteiger partial charge in [0.2, 0.25) is 5.91 Å². The second kappa shape index (κ2) is 9.53. The van der Waals surface area contributed by atoms with Gasteiger partial charge in [-0.15, -0.1) is 0 Å². The lowest BCUT2D eigenvalue weighted by molar-refractivity contribution is -0.122. The number of carbonyl (C=O) groups excluding carboxylic acids is 1. The van der Waals surface area contributed by atoms with Crippen LogP contribution < -0.4 is 16.2 Å². The summed E-state index contributed by atoms with van der Waals surface area (Å²) in [5, 5.41) is 15.5. The molecule has 0 spiro atoms. The molecule has 0 fully saturated rings. The summed E-state index contributed by atoms with van der Waals surface area (Å²) >= 11 is 0. The fourth-order valence-corrected chi connectivity index (χ4v) is 2.90. The second-order valence-electron chi connectivity index (χ2n) is 6.41. The van der Waals surface area contributed by atoms with Crippen LogP contribution in [0.15, 0.2) is 83.8 Å². The van der Waals surface area contributed by atoms with Crippen LogP contribution in [0.2, 0.25) is 0 Å². The lowest BCUT2D eigenvalue weighted by atomic mass is 10.1. The Labute approximate surface area is 163 Å². The summed E-state index contributed by atoms with van der Waals surface area (Å²) < 4.78 is 1.35. The van der Waals surface area contributed by atoms with Gasteiger partial charge in [-0.25, -0.2) is 0 Å². The zero-order chi connectivity index (χ0) is 19.8. The van der Waals surface area contributed by atoms with E-state index < -0.39 is 6.04 Å². The molecule has 0 aliphatic carbocycles. The van der Waals surface area contributed by atoms with Gasteiger partial charge in [0, 0.05) is 12.7 Å². The molecule has 0 bridgehead atoms. The third kappa shape index (κ3) is 5.08. The summed E-state index contributed by atoms with van der Waals surface area (Å²) in [5.41, 5.74) is 2.03. The van der Waals surface area contributed by atoms with Crippen LogP contribution in [0.5, 0.6) is 0 Å². The first-order chi connectivity index (χ1) is 13.7. The maximum Gasteiger partial charge on any atom is 0.274 e. The molecule has 1 amide bonds. The summed E-state index contributed by atoms with van der Waals surface area (Å²) in [5.74, 6) is -0.342. The standard InChI is InChI=1S/C22H23N3O3/c26-16-20(18-10-5-2-6-11-18)24-21(27)15-25-13-7-12-19(22(25)28)23-14-17-8-3-1-4-9-17/h1-13,20,23,26H,14-16H2,(H,24,27)/t20-/m1/s1. The molecule has 6 heteroatoms. The quantitative estimate of drug-likeness (QED) is 0.563. The van der Waals surface area contributed by atoms with Crippen LogP contribution in [0.25, 0.3) is 0 Å². The summed E-state index contributed by atoms with van der Waals surface area (Å²) in [6, 6.07) is 21.9. The first-order valence-corrected chi connectivity index (χ1v) is 9.10. The van der Waals surface area contributed by atoms with Gasteiger partial charge in [-0.2, -0.15) is 0 Å². The molecule has 1 atom stereocenters. The molecule has 6 nitrogen and oxygen atoms in total. The van der Waals surface area contributed by atoms with Gasteiger partial charge >= 0.3 is 0 Å². The number of hydrogen-bond donors (Lipinski definition) is 3. The Bertz CT molecular complexity index is 956. The Kier molecular flexibility index (Phi) is 6.59. The lowest BCUT2D eigenvalue weighted by Gasteiger charge is -2.17. The van der Waals surface area contributed by atoms with Crippen LogP contribution in [0.1, 0.15) is 17.2 Å². The number of benzene rings is 2. The number of aliphatic hydroxyl groups excluding tert-OH is 1. The van der Waals surface area contributed by atoms with E-state index in [1.54, 1.807) is 18.3 Å². The molecular weight excluding hydrogens is 354 g/mol. The van der Waals surface area contributed by atoms with Crippen LogP contribution in [0.4, 0.5) is 5.69 Å².